The molecular formula is C12H23NO3S2. The van der Waals surface area contributed by atoms with Crippen molar-refractivity contribution < 1.29 is 14.3 Å². The van der Waals surface area contributed by atoms with Crippen LogP contribution in [0.2, 0.25) is 0 Å². The Kier molecular flexibility index (Phi) is 11.5. The average molecular weight is 293 g/mol. The van der Waals surface area contributed by atoms with Gasteiger partial charge in [-0.05, 0) is 31.9 Å². The van der Waals surface area contributed by atoms with Crippen LogP contribution in [0, 0.1) is 0 Å². The predicted octanol–water partition coefficient (Wildman–Crippen LogP) is 1.84. The highest BCUT2D eigenvalue weighted by atomic mass is 32.1. The van der Waals surface area contributed by atoms with Crippen molar-refractivity contribution in [3.05, 3.63) is 0 Å². The van der Waals surface area contributed by atoms with Gasteiger partial charge in [0.1, 0.15) is 6.54 Å². The van der Waals surface area contributed by atoms with Gasteiger partial charge in [0.25, 0.3) is 0 Å². The van der Waals surface area contributed by atoms with Crippen molar-refractivity contribution in [2.75, 3.05) is 18.9 Å². The Morgan fingerprint density at radius 2 is 2.00 bits per heavy atom. The third kappa shape index (κ3) is 10.8. The van der Waals surface area contributed by atoms with Crippen LogP contribution in [0.3, 0.4) is 0 Å². The maximum Gasteiger partial charge on any atom is 0.325 e. The first-order chi connectivity index (χ1) is 8.60. The van der Waals surface area contributed by atoms with E-state index in [0.29, 0.717) is 18.3 Å². The molecule has 0 saturated carbocycles. The van der Waals surface area contributed by atoms with E-state index in [1.54, 1.807) is 6.92 Å². The lowest BCUT2D eigenvalue weighted by Crippen LogP contribution is -2.30. The molecule has 0 aliphatic carbocycles. The Bertz CT molecular complexity index is 249. The van der Waals surface area contributed by atoms with Crippen LogP contribution >= 0.6 is 25.3 Å². The monoisotopic (exact) mass is 293 g/mol. The first-order valence-electron chi connectivity index (χ1n) is 6.31. The molecule has 18 heavy (non-hydrogen) atoms. The molecule has 0 heterocycles. The van der Waals surface area contributed by atoms with Gasteiger partial charge in [0.05, 0.1) is 6.61 Å². The summed E-state index contributed by atoms with van der Waals surface area (Å²) in [5, 5.41) is 2.90. The molecule has 0 aromatic heterocycles. The number of esters is 1. The van der Waals surface area contributed by atoms with Gasteiger partial charge in [-0.1, -0.05) is 6.42 Å². The molecule has 0 radical (unpaired) electrons. The highest BCUT2D eigenvalue weighted by Crippen LogP contribution is 2.12. The molecule has 0 fully saturated rings. The van der Waals surface area contributed by atoms with E-state index in [2.05, 4.69) is 30.6 Å². The number of nitrogens with one attached hydrogen (secondary N) is 1. The Balaban J connectivity index is 3.45. The molecule has 0 aromatic carbocycles. The minimum Gasteiger partial charge on any atom is -0.465 e. The van der Waals surface area contributed by atoms with Gasteiger partial charge in [0.15, 0.2) is 0 Å². The fraction of sp³-hybridized carbons (Fsp3) is 0.833. The van der Waals surface area contributed by atoms with E-state index >= 15 is 0 Å². The lowest BCUT2D eigenvalue weighted by Gasteiger charge is -2.08. The van der Waals surface area contributed by atoms with Crippen LogP contribution in [-0.2, 0) is 14.3 Å². The molecule has 1 N–H and O–H groups in total. The third-order valence-electron chi connectivity index (χ3n) is 2.39. The van der Waals surface area contributed by atoms with Gasteiger partial charge in [-0.15, -0.1) is 0 Å². The Morgan fingerprint density at radius 3 is 2.61 bits per heavy atom. The normalized spacial score (nSPS) is 11.9. The van der Waals surface area contributed by atoms with Crippen LogP contribution in [0.1, 0.15) is 39.0 Å². The second kappa shape index (κ2) is 11.7. The van der Waals surface area contributed by atoms with E-state index in [0.717, 1.165) is 31.4 Å². The van der Waals surface area contributed by atoms with Gasteiger partial charge in [0.2, 0.25) is 5.91 Å². The summed E-state index contributed by atoms with van der Waals surface area (Å²) in [6.45, 7) is 2.03. The van der Waals surface area contributed by atoms with Crippen LogP contribution in [0.15, 0.2) is 0 Å². The molecule has 0 saturated heterocycles. The van der Waals surface area contributed by atoms with Crippen molar-refractivity contribution in [2.45, 2.75) is 44.3 Å². The van der Waals surface area contributed by atoms with E-state index < -0.39 is 5.97 Å². The zero-order valence-corrected chi connectivity index (χ0v) is 12.6. The lowest BCUT2D eigenvalue weighted by atomic mass is 10.1. The Labute approximate surface area is 120 Å². The van der Waals surface area contributed by atoms with Crippen LogP contribution in [0.4, 0.5) is 0 Å². The van der Waals surface area contributed by atoms with Gasteiger partial charge in [0, 0.05) is 11.7 Å². The number of ether oxygens (including phenoxy) is 1. The zero-order valence-electron chi connectivity index (χ0n) is 10.9. The van der Waals surface area contributed by atoms with Gasteiger partial charge < -0.3 is 10.1 Å². The molecule has 106 valence electrons. The van der Waals surface area contributed by atoms with Crippen LogP contribution in [0.25, 0.3) is 0 Å². The van der Waals surface area contributed by atoms with Gasteiger partial charge in [-0.2, -0.15) is 25.3 Å². The highest BCUT2D eigenvalue weighted by Gasteiger charge is 2.06. The average Bonchev–Trinajstić information content (AvgIpc) is 2.33. The molecule has 1 atom stereocenters. The standard InChI is InChI=1S/C12H23NO3S2/c1-2-16-12(15)9-13-11(14)6-4-3-5-10(18)7-8-17/h10,17-18H,2-9H2,1H3,(H,13,14). The number of thiol groups is 2. The van der Waals surface area contributed by atoms with Crippen LogP contribution in [0.5, 0.6) is 0 Å². The number of carbonyl (C=O) groups is 2. The zero-order chi connectivity index (χ0) is 13.8. The van der Waals surface area contributed by atoms with Gasteiger partial charge in [-0.3, -0.25) is 9.59 Å². The number of hydrogen-bond acceptors (Lipinski definition) is 5. The summed E-state index contributed by atoms with van der Waals surface area (Å²) in [7, 11) is 0. The second-order valence-electron chi connectivity index (χ2n) is 3.99. The fourth-order valence-corrected chi connectivity index (χ4v) is 2.26. The molecule has 0 aliphatic rings. The minimum absolute atomic E-state index is 0.0402. The van der Waals surface area contributed by atoms with E-state index in [-0.39, 0.29) is 12.5 Å². The van der Waals surface area contributed by atoms with Crippen molar-refractivity contribution in [1.29, 1.82) is 0 Å². The number of hydrogen-bond donors (Lipinski definition) is 3. The number of rotatable bonds is 10. The number of unbranched alkanes of at least 4 members (excludes halogenated alkanes) is 1. The largest absolute Gasteiger partial charge is 0.465 e. The fourth-order valence-electron chi connectivity index (χ4n) is 1.43. The van der Waals surface area contributed by atoms with E-state index in [4.69, 9.17) is 4.74 Å². The first-order valence-corrected chi connectivity index (χ1v) is 7.46. The van der Waals surface area contributed by atoms with E-state index in [1.807, 2.05) is 0 Å². The number of amides is 1. The molecule has 0 aliphatic heterocycles. The highest BCUT2D eigenvalue weighted by molar-refractivity contribution is 7.81. The summed E-state index contributed by atoms with van der Waals surface area (Å²) in [4.78, 5) is 22.4. The van der Waals surface area contributed by atoms with Crippen molar-refractivity contribution in [1.82, 2.24) is 5.32 Å². The van der Waals surface area contributed by atoms with E-state index in [9.17, 15) is 9.59 Å². The van der Waals surface area contributed by atoms with Crippen molar-refractivity contribution in [3.63, 3.8) is 0 Å². The van der Waals surface area contributed by atoms with Crippen LogP contribution in [-0.4, -0.2) is 36.0 Å². The summed E-state index contributed by atoms with van der Waals surface area (Å²) in [5.41, 5.74) is 0. The van der Waals surface area contributed by atoms with Crippen molar-refractivity contribution in [2.24, 2.45) is 0 Å². The third-order valence-corrected chi connectivity index (χ3v) is 3.16. The summed E-state index contributed by atoms with van der Waals surface area (Å²) in [5.74, 6) is 0.344. The Hall–Kier alpha value is -0.360. The molecule has 4 nitrogen and oxygen atoms in total. The molecule has 0 bridgehead atoms. The summed E-state index contributed by atoms with van der Waals surface area (Å²) in [6, 6.07) is 0. The van der Waals surface area contributed by atoms with E-state index in [1.165, 1.54) is 0 Å². The molecule has 1 unspecified atom stereocenters. The van der Waals surface area contributed by atoms with Crippen LogP contribution < -0.4 is 5.32 Å². The summed E-state index contributed by atoms with van der Waals surface area (Å²) in [6.07, 6.45) is 4.21. The molecule has 6 heteroatoms. The lowest BCUT2D eigenvalue weighted by molar-refractivity contribution is -0.143. The second-order valence-corrected chi connectivity index (χ2v) is 5.17. The molecule has 0 aromatic rings. The quantitative estimate of drug-likeness (QED) is 0.327. The smallest absolute Gasteiger partial charge is 0.325 e. The SMILES string of the molecule is CCOC(=O)CNC(=O)CCCCC(S)CCS. The molecule has 0 spiro atoms. The predicted molar refractivity (Wildman–Crippen MR) is 79.4 cm³/mol. The maximum atomic E-state index is 11.4. The summed E-state index contributed by atoms with van der Waals surface area (Å²) < 4.78 is 4.71. The molecule has 1 amide bonds. The van der Waals surface area contributed by atoms with Crippen molar-refractivity contribution >= 4 is 37.1 Å². The van der Waals surface area contributed by atoms with Gasteiger partial charge >= 0.3 is 5.97 Å². The Morgan fingerprint density at radius 1 is 1.28 bits per heavy atom. The topological polar surface area (TPSA) is 55.4 Å². The first kappa shape index (κ1) is 17.6. The number of carbonyl (C=O) groups excluding carboxylic acids is 2. The molecule has 0 rings (SSSR count). The summed E-state index contributed by atoms with van der Waals surface area (Å²) >= 11 is 8.56. The van der Waals surface area contributed by atoms with Gasteiger partial charge in [-0.25, -0.2) is 0 Å². The maximum absolute atomic E-state index is 11.4. The molecular weight excluding hydrogens is 270 g/mol. The van der Waals surface area contributed by atoms with Crippen molar-refractivity contribution in [3.8, 4) is 0 Å². The minimum atomic E-state index is -0.393.